The first-order chi connectivity index (χ1) is 13.1. The summed E-state index contributed by atoms with van der Waals surface area (Å²) >= 11 is 6.15. The summed E-state index contributed by atoms with van der Waals surface area (Å²) in [5.74, 6) is 0.151. The molecular formula is C21H16ClFN3O+. The standard InChI is InChI=1S/C21H15ClFN3O/c22-17-6-2-1-5-15(17)13-24-21(27)19-18-7-3-4-12-26(18)20(25-19)14-8-10-16(23)11-9-14/h1-12H,13H2,(H,24,27)/p+1. The third kappa shape index (κ3) is 3.41. The number of aromatic nitrogens is 2. The number of hydrogen-bond donors (Lipinski definition) is 2. The predicted octanol–water partition coefficient (Wildman–Crippen LogP) is 4.14. The summed E-state index contributed by atoms with van der Waals surface area (Å²) < 4.78 is 15.1. The minimum atomic E-state index is -0.308. The molecule has 0 fully saturated rings. The number of fused-ring (bicyclic) bond motifs is 1. The third-order valence-electron chi connectivity index (χ3n) is 4.34. The SMILES string of the molecule is O=C(NCc1ccccc1Cl)c1[nH]c(-c2ccc(F)cc2)[n+]2ccccc12. The van der Waals surface area contributed by atoms with Gasteiger partial charge in [0.05, 0.1) is 11.8 Å². The minimum absolute atomic E-state index is 0.244. The Bertz CT molecular complexity index is 1120. The van der Waals surface area contributed by atoms with Crippen LogP contribution in [0.4, 0.5) is 4.39 Å². The zero-order valence-electron chi connectivity index (χ0n) is 14.2. The highest BCUT2D eigenvalue weighted by atomic mass is 35.5. The number of amides is 1. The van der Waals surface area contributed by atoms with Gasteiger partial charge in [0.1, 0.15) is 5.82 Å². The van der Waals surface area contributed by atoms with Crippen molar-refractivity contribution in [1.82, 2.24) is 10.3 Å². The molecule has 2 aromatic heterocycles. The molecule has 0 saturated carbocycles. The van der Waals surface area contributed by atoms with Crippen LogP contribution in [0.5, 0.6) is 0 Å². The smallest absolute Gasteiger partial charge is 0.295 e. The zero-order chi connectivity index (χ0) is 18.8. The van der Waals surface area contributed by atoms with Crippen molar-refractivity contribution in [1.29, 1.82) is 0 Å². The van der Waals surface area contributed by atoms with Gasteiger partial charge in [-0.25, -0.2) is 9.37 Å². The zero-order valence-corrected chi connectivity index (χ0v) is 15.0. The van der Waals surface area contributed by atoms with Crippen LogP contribution in [-0.4, -0.2) is 10.9 Å². The maximum absolute atomic E-state index is 13.3. The van der Waals surface area contributed by atoms with Gasteiger partial charge in [-0.2, -0.15) is 4.40 Å². The van der Waals surface area contributed by atoms with E-state index in [1.807, 2.05) is 47.0 Å². The fourth-order valence-electron chi connectivity index (χ4n) is 2.98. The lowest BCUT2D eigenvalue weighted by molar-refractivity contribution is -0.498. The molecule has 0 aliphatic heterocycles. The van der Waals surface area contributed by atoms with Crippen molar-refractivity contribution in [3.63, 3.8) is 0 Å². The predicted molar refractivity (Wildman–Crippen MR) is 102 cm³/mol. The number of carbonyl (C=O) groups excluding carboxylic acids is 1. The largest absolute Gasteiger partial charge is 0.345 e. The van der Waals surface area contributed by atoms with Crippen LogP contribution >= 0.6 is 11.6 Å². The average molecular weight is 381 g/mol. The molecule has 27 heavy (non-hydrogen) atoms. The van der Waals surface area contributed by atoms with Gasteiger partial charge in [-0.3, -0.25) is 4.79 Å². The van der Waals surface area contributed by atoms with E-state index in [1.165, 1.54) is 12.1 Å². The lowest BCUT2D eigenvalue weighted by atomic mass is 10.2. The first-order valence-corrected chi connectivity index (χ1v) is 8.81. The Hall–Kier alpha value is -3.18. The highest BCUT2D eigenvalue weighted by molar-refractivity contribution is 6.31. The Kier molecular flexibility index (Phi) is 4.60. The van der Waals surface area contributed by atoms with Crippen molar-refractivity contribution in [2.45, 2.75) is 6.54 Å². The van der Waals surface area contributed by atoms with Crippen LogP contribution in [0.15, 0.2) is 72.9 Å². The minimum Gasteiger partial charge on any atom is -0.345 e. The van der Waals surface area contributed by atoms with Crippen LogP contribution in [0, 0.1) is 5.82 Å². The highest BCUT2D eigenvalue weighted by Gasteiger charge is 2.24. The topological polar surface area (TPSA) is 49.0 Å². The Morgan fingerprint density at radius 1 is 1.04 bits per heavy atom. The van der Waals surface area contributed by atoms with E-state index < -0.39 is 0 Å². The molecule has 1 amide bonds. The van der Waals surface area contributed by atoms with Crippen LogP contribution in [0.3, 0.4) is 0 Å². The lowest BCUT2D eigenvalue weighted by Crippen LogP contribution is -2.25. The van der Waals surface area contributed by atoms with E-state index in [0.717, 1.165) is 16.6 Å². The third-order valence-corrected chi connectivity index (χ3v) is 4.71. The maximum atomic E-state index is 13.3. The van der Waals surface area contributed by atoms with E-state index in [1.54, 1.807) is 18.2 Å². The van der Waals surface area contributed by atoms with Gasteiger partial charge in [0.2, 0.25) is 5.69 Å². The van der Waals surface area contributed by atoms with E-state index in [9.17, 15) is 9.18 Å². The Labute approximate surface area is 160 Å². The molecule has 0 aliphatic carbocycles. The molecule has 0 aliphatic rings. The van der Waals surface area contributed by atoms with Crippen LogP contribution in [-0.2, 0) is 6.54 Å². The first kappa shape index (κ1) is 17.2. The fourth-order valence-corrected chi connectivity index (χ4v) is 3.18. The van der Waals surface area contributed by atoms with Crippen LogP contribution < -0.4 is 9.72 Å². The molecule has 0 bridgehead atoms. The number of nitrogens with zero attached hydrogens (tertiary/aromatic N) is 1. The first-order valence-electron chi connectivity index (χ1n) is 8.43. The van der Waals surface area contributed by atoms with Crippen molar-refractivity contribution in [2.75, 3.05) is 0 Å². The molecule has 2 aromatic carbocycles. The summed E-state index contributed by atoms with van der Waals surface area (Å²) in [5, 5.41) is 3.50. The van der Waals surface area contributed by atoms with Crippen LogP contribution in [0.1, 0.15) is 16.1 Å². The molecule has 0 spiro atoms. The number of rotatable bonds is 4. The van der Waals surface area contributed by atoms with E-state index >= 15 is 0 Å². The molecule has 2 heterocycles. The van der Waals surface area contributed by atoms with Crippen molar-refractivity contribution in [3.8, 4) is 11.4 Å². The average Bonchev–Trinajstić information content (AvgIpc) is 3.08. The Morgan fingerprint density at radius 3 is 2.56 bits per heavy atom. The number of nitrogens with one attached hydrogen (secondary N) is 2. The van der Waals surface area contributed by atoms with Gasteiger partial charge in [-0.05, 0) is 48.0 Å². The molecule has 6 heteroatoms. The number of benzene rings is 2. The molecular weight excluding hydrogens is 365 g/mol. The Balaban J connectivity index is 1.68. The van der Waals surface area contributed by atoms with Crippen LogP contribution in [0.2, 0.25) is 5.02 Å². The molecule has 0 atom stereocenters. The summed E-state index contributed by atoms with van der Waals surface area (Å²) in [6.45, 7) is 0.322. The summed E-state index contributed by atoms with van der Waals surface area (Å²) in [6.07, 6.45) is 1.86. The molecule has 0 saturated heterocycles. The molecule has 4 aromatic rings. The molecule has 0 unspecified atom stereocenters. The molecule has 0 radical (unpaired) electrons. The van der Waals surface area contributed by atoms with E-state index in [2.05, 4.69) is 10.3 Å². The van der Waals surface area contributed by atoms with Gasteiger partial charge in [0.15, 0.2) is 5.52 Å². The van der Waals surface area contributed by atoms with E-state index in [4.69, 9.17) is 11.6 Å². The van der Waals surface area contributed by atoms with Gasteiger partial charge in [0, 0.05) is 11.6 Å². The summed E-state index contributed by atoms with van der Waals surface area (Å²) in [7, 11) is 0. The molecule has 4 nitrogen and oxygen atoms in total. The number of aromatic amines is 1. The second-order valence-corrected chi connectivity index (χ2v) is 6.49. The van der Waals surface area contributed by atoms with Gasteiger partial charge in [0.25, 0.3) is 11.7 Å². The van der Waals surface area contributed by atoms with Crippen molar-refractivity contribution < 1.29 is 13.6 Å². The number of H-pyrrole nitrogens is 1. The number of imidazole rings is 1. The monoisotopic (exact) mass is 380 g/mol. The van der Waals surface area contributed by atoms with Gasteiger partial charge < -0.3 is 5.32 Å². The number of pyridine rings is 1. The van der Waals surface area contributed by atoms with E-state index in [-0.39, 0.29) is 11.7 Å². The maximum Gasteiger partial charge on any atom is 0.295 e. The normalized spacial score (nSPS) is 10.9. The van der Waals surface area contributed by atoms with Gasteiger partial charge >= 0.3 is 0 Å². The molecule has 2 N–H and O–H groups in total. The Morgan fingerprint density at radius 2 is 1.78 bits per heavy atom. The van der Waals surface area contributed by atoms with Gasteiger partial charge in [-0.1, -0.05) is 35.9 Å². The second-order valence-electron chi connectivity index (χ2n) is 6.09. The molecule has 134 valence electrons. The summed E-state index contributed by atoms with van der Waals surface area (Å²) in [6, 6.07) is 19.1. The van der Waals surface area contributed by atoms with Gasteiger partial charge in [-0.15, -0.1) is 0 Å². The van der Waals surface area contributed by atoms with Crippen molar-refractivity contribution >= 4 is 23.0 Å². The van der Waals surface area contributed by atoms with Crippen molar-refractivity contribution in [2.24, 2.45) is 0 Å². The fraction of sp³-hybridized carbons (Fsp3) is 0.0476. The number of hydrogen-bond acceptors (Lipinski definition) is 1. The van der Waals surface area contributed by atoms with Crippen LogP contribution in [0.25, 0.3) is 16.9 Å². The number of halogens is 2. The lowest BCUT2D eigenvalue weighted by Gasteiger charge is -2.04. The highest BCUT2D eigenvalue weighted by Crippen LogP contribution is 2.19. The quantitative estimate of drug-likeness (QED) is 0.513. The summed E-state index contributed by atoms with van der Waals surface area (Å²) in [5.41, 5.74) is 2.79. The number of carbonyl (C=O) groups is 1. The second kappa shape index (κ2) is 7.21. The molecule has 4 rings (SSSR count). The van der Waals surface area contributed by atoms with E-state index in [0.29, 0.717) is 23.1 Å². The van der Waals surface area contributed by atoms with Crippen molar-refractivity contribution in [3.05, 3.63) is 95.0 Å². The summed E-state index contributed by atoms with van der Waals surface area (Å²) in [4.78, 5) is 16.0.